The number of ketones is 1. The van der Waals surface area contributed by atoms with E-state index in [2.05, 4.69) is 0 Å². The summed E-state index contributed by atoms with van der Waals surface area (Å²) in [5.74, 6) is 1.49. The summed E-state index contributed by atoms with van der Waals surface area (Å²) in [6, 6.07) is 3.52. The number of hydrogen-bond acceptors (Lipinski definition) is 4. The lowest BCUT2D eigenvalue weighted by Crippen LogP contribution is -2.02. The fraction of sp³-hybridized carbons (Fsp3) is 0.444. The Morgan fingerprint density at radius 1 is 1.64 bits per heavy atom. The van der Waals surface area contributed by atoms with Crippen LogP contribution in [0.5, 0.6) is 0 Å². The van der Waals surface area contributed by atoms with Crippen LogP contribution in [0.2, 0.25) is 4.34 Å². The molecule has 0 unspecified atom stereocenters. The van der Waals surface area contributed by atoms with Crippen LogP contribution in [0.4, 0.5) is 0 Å². The lowest BCUT2D eigenvalue weighted by atomic mass is 10.4. The zero-order chi connectivity index (χ0) is 10.4. The minimum Gasteiger partial charge on any atom is -0.384 e. The number of thiophene rings is 1. The first-order valence-electron chi connectivity index (χ1n) is 4.09. The molecule has 14 heavy (non-hydrogen) atoms. The highest BCUT2D eigenvalue weighted by atomic mass is 35.5. The van der Waals surface area contributed by atoms with Gasteiger partial charge < -0.3 is 4.74 Å². The first-order valence-corrected chi connectivity index (χ1v) is 6.44. The summed E-state index contributed by atoms with van der Waals surface area (Å²) in [4.78, 5) is 12.2. The second kappa shape index (κ2) is 6.45. The molecule has 0 aliphatic heterocycles. The van der Waals surface area contributed by atoms with E-state index < -0.39 is 0 Å². The Labute approximate surface area is 96.6 Å². The lowest BCUT2D eigenvalue weighted by Gasteiger charge is -1.98. The van der Waals surface area contributed by atoms with E-state index >= 15 is 0 Å². The minimum atomic E-state index is 0.142. The van der Waals surface area contributed by atoms with Gasteiger partial charge in [-0.2, -0.15) is 11.8 Å². The van der Waals surface area contributed by atoms with E-state index in [9.17, 15) is 4.79 Å². The molecule has 0 saturated heterocycles. The van der Waals surface area contributed by atoms with Crippen LogP contribution >= 0.6 is 34.7 Å². The van der Waals surface area contributed by atoms with Gasteiger partial charge in [0.15, 0.2) is 5.78 Å². The van der Waals surface area contributed by atoms with E-state index in [4.69, 9.17) is 16.3 Å². The molecule has 0 fully saturated rings. The molecule has 1 heterocycles. The van der Waals surface area contributed by atoms with Crippen molar-refractivity contribution in [3.8, 4) is 0 Å². The minimum absolute atomic E-state index is 0.142. The van der Waals surface area contributed by atoms with Crippen LogP contribution in [0.1, 0.15) is 9.67 Å². The van der Waals surface area contributed by atoms with Crippen LogP contribution in [0.3, 0.4) is 0 Å². The summed E-state index contributed by atoms with van der Waals surface area (Å²) < 4.78 is 5.55. The molecule has 0 atom stereocenters. The molecule has 1 aromatic heterocycles. The number of hydrogen-bond donors (Lipinski definition) is 0. The Bertz CT molecular complexity index is 299. The molecule has 0 saturated carbocycles. The summed E-state index contributed by atoms with van der Waals surface area (Å²) in [6.07, 6.45) is 0. The van der Waals surface area contributed by atoms with E-state index in [0.29, 0.717) is 16.7 Å². The molecular formula is C9H11ClO2S2. The number of ether oxygens (including phenoxy) is 1. The summed E-state index contributed by atoms with van der Waals surface area (Å²) >= 11 is 8.64. The predicted octanol–water partition coefficient (Wildman–Crippen LogP) is 2.96. The van der Waals surface area contributed by atoms with E-state index in [1.807, 2.05) is 0 Å². The highest BCUT2D eigenvalue weighted by Crippen LogP contribution is 2.22. The average Bonchev–Trinajstić information content (AvgIpc) is 2.59. The molecule has 2 nitrogen and oxygen atoms in total. The number of thioether (sulfide) groups is 1. The van der Waals surface area contributed by atoms with Crippen LogP contribution in [0, 0.1) is 0 Å². The van der Waals surface area contributed by atoms with E-state index in [1.165, 1.54) is 11.3 Å². The second-order valence-corrected chi connectivity index (χ2v) is 5.39. The highest BCUT2D eigenvalue weighted by molar-refractivity contribution is 8.00. The molecule has 0 radical (unpaired) electrons. The molecule has 0 N–H and O–H groups in total. The maximum Gasteiger partial charge on any atom is 0.182 e. The summed E-state index contributed by atoms with van der Waals surface area (Å²) in [5, 5.41) is 0. The third-order valence-corrected chi connectivity index (χ3v) is 3.71. The molecule has 0 spiro atoms. The van der Waals surface area contributed by atoms with Gasteiger partial charge in [0.2, 0.25) is 0 Å². The maximum absolute atomic E-state index is 11.5. The van der Waals surface area contributed by atoms with Crippen molar-refractivity contribution < 1.29 is 9.53 Å². The van der Waals surface area contributed by atoms with Gasteiger partial charge in [0.05, 0.1) is 21.6 Å². The lowest BCUT2D eigenvalue weighted by molar-refractivity contribution is 0.102. The topological polar surface area (TPSA) is 26.3 Å². The predicted molar refractivity (Wildman–Crippen MR) is 62.9 cm³/mol. The van der Waals surface area contributed by atoms with Crippen LogP contribution in [-0.2, 0) is 4.74 Å². The quantitative estimate of drug-likeness (QED) is 0.574. The van der Waals surface area contributed by atoms with Crippen LogP contribution < -0.4 is 0 Å². The standard InChI is InChI=1S/C9H11ClO2S2/c1-12-4-5-13-6-7(11)8-2-3-9(10)14-8/h2-3H,4-6H2,1H3. The highest BCUT2D eigenvalue weighted by Gasteiger charge is 2.08. The van der Waals surface area contributed by atoms with Gasteiger partial charge in [-0.15, -0.1) is 11.3 Å². The second-order valence-electron chi connectivity index (χ2n) is 2.57. The number of halogens is 1. The van der Waals surface area contributed by atoms with Crippen molar-refractivity contribution in [2.75, 3.05) is 25.2 Å². The number of carbonyl (C=O) groups is 1. The summed E-state index contributed by atoms with van der Waals surface area (Å²) in [6.45, 7) is 0.684. The zero-order valence-corrected chi connectivity index (χ0v) is 10.2. The molecule has 0 aliphatic carbocycles. The average molecular weight is 251 g/mol. The first kappa shape index (κ1) is 12.0. The van der Waals surface area contributed by atoms with Gasteiger partial charge in [-0.05, 0) is 12.1 Å². The Kier molecular flexibility index (Phi) is 5.55. The Morgan fingerprint density at radius 2 is 2.43 bits per heavy atom. The largest absolute Gasteiger partial charge is 0.384 e. The molecule has 1 aromatic rings. The SMILES string of the molecule is COCCSCC(=O)c1ccc(Cl)s1. The fourth-order valence-corrected chi connectivity index (χ4v) is 2.68. The molecule has 0 aromatic carbocycles. The van der Waals surface area contributed by atoms with Gasteiger partial charge in [0.1, 0.15) is 0 Å². The Balaban J connectivity index is 2.29. The molecule has 0 amide bonds. The van der Waals surface area contributed by atoms with Crippen molar-refractivity contribution in [3.63, 3.8) is 0 Å². The van der Waals surface area contributed by atoms with Crippen LogP contribution in [0.25, 0.3) is 0 Å². The van der Waals surface area contributed by atoms with Gasteiger partial charge in [0, 0.05) is 12.9 Å². The van der Waals surface area contributed by atoms with E-state index in [1.54, 1.807) is 31.0 Å². The normalized spacial score (nSPS) is 10.4. The number of rotatable bonds is 6. The third kappa shape index (κ3) is 4.00. The van der Waals surface area contributed by atoms with Crippen molar-refractivity contribution in [1.29, 1.82) is 0 Å². The summed E-state index contributed by atoms with van der Waals surface area (Å²) in [5.41, 5.74) is 0. The van der Waals surface area contributed by atoms with Crippen LogP contribution in [0.15, 0.2) is 12.1 Å². The molecular weight excluding hydrogens is 240 g/mol. The van der Waals surface area contributed by atoms with Gasteiger partial charge in [-0.1, -0.05) is 11.6 Å². The van der Waals surface area contributed by atoms with E-state index in [0.717, 1.165) is 10.6 Å². The van der Waals surface area contributed by atoms with Crippen molar-refractivity contribution in [1.82, 2.24) is 0 Å². The monoisotopic (exact) mass is 250 g/mol. The third-order valence-electron chi connectivity index (χ3n) is 1.51. The Hall–Kier alpha value is -0.0300. The fourth-order valence-electron chi connectivity index (χ4n) is 0.842. The molecule has 5 heteroatoms. The van der Waals surface area contributed by atoms with E-state index in [-0.39, 0.29) is 5.78 Å². The molecule has 0 bridgehead atoms. The maximum atomic E-state index is 11.5. The first-order chi connectivity index (χ1) is 6.74. The summed E-state index contributed by atoms with van der Waals surface area (Å²) in [7, 11) is 1.65. The van der Waals surface area contributed by atoms with Crippen molar-refractivity contribution in [2.45, 2.75) is 0 Å². The van der Waals surface area contributed by atoms with Gasteiger partial charge in [-0.25, -0.2) is 0 Å². The van der Waals surface area contributed by atoms with Crippen molar-refractivity contribution in [3.05, 3.63) is 21.3 Å². The number of carbonyl (C=O) groups excluding carboxylic acids is 1. The van der Waals surface area contributed by atoms with Gasteiger partial charge in [0.25, 0.3) is 0 Å². The smallest absolute Gasteiger partial charge is 0.182 e. The number of Topliss-reactive ketones (excluding diaryl/α,β-unsaturated/α-hetero) is 1. The number of methoxy groups -OCH3 is 1. The van der Waals surface area contributed by atoms with Crippen LogP contribution in [-0.4, -0.2) is 31.0 Å². The Morgan fingerprint density at radius 3 is 3.00 bits per heavy atom. The van der Waals surface area contributed by atoms with Crippen molar-refractivity contribution >= 4 is 40.5 Å². The van der Waals surface area contributed by atoms with Crippen molar-refractivity contribution in [2.24, 2.45) is 0 Å². The van der Waals surface area contributed by atoms with Gasteiger partial charge >= 0.3 is 0 Å². The molecule has 78 valence electrons. The molecule has 1 rings (SSSR count). The molecule has 0 aliphatic rings. The van der Waals surface area contributed by atoms with Gasteiger partial charge in [-0.3, -0.25) is 4.79 Å². The zero-order valence-electron chi connectivity index (χ0n) is 7.79.